The second-order valence-corrected chi connectivity index (χ2v) is 7.49. The molecule has 0 saturated carbocycles. The fourth-order valence-corrected chi connectivity index (χ4v) is 3.87. The highest BCUT2D eigenvalue weighted by atomic mass is 127. The summed E-state index contributed by atoms with van der Waals surface area (Å²) in [6, 6.07) is 18.9. The average molecular weight is 518 g/mol. The van der Waals surface area contributed by atoms with Gasteiger partial charge in [0.2, 0.25) is 0 Å². The highest BCUT2D eigenvalue weighted by molar-refractivity contribution is 14.0. The molecule has 0 bridgehead atoms. The van der Waals surface area contributed by atoms with Gasteiger partial charge in [-0.3, -0.25) is 4.90 Å². The van der Waals surface area contributed by atoms with Gasteiger partial charge in [-0.25, -0.2) is 9.98 Å². The Labute approximate surface area is 196 Å². The molecule has 7 heteroatoms. The SMILES string of the molecule is CCNC(=NCc1nc2ccccc2n1C)N1CCN(Cc2ccccc2)CC1.I. The first-order valence-corrected chi connectivity index (χ1v) is 10.4. The number of guanidine groups is 1. The minimum atomic E-state index is 0. The zero-order valence-electron chi connectivity index (χ0n) is 17.8. The first-order valence-electron chi connectivity index (χ1n) is 10.4. The van der Waals surface area contributed by atoms with E-state index in [0.29, 0.717) is 6.54 Å². The zero-order chi connectivity index (χ0) is 20.1. The van der Waals surface area contributed by atoms with E-state index >= 15 is 0 Å². The maximum Gasteiger partial charge on any atom is 0.194 e. The number of hydrogen-bond donors (Lipinski definition) is 1. The van der Waals surface area contributed by atoms with Crippen molar-refractivity contribution in [1.82, 2.24) is 24.7 Å². The van der Waals surface area contributed by atoms with Crippen LogP contribution in [0.2, 0.25) is 0 Å². The highest BCUT2D eigenvalue weighted by Crippen LogP contribution is 2.15. The lowest BCUT2D eigenvalue weighted by Crippen LogP contribution is -2.52. The van der Waals surface area contributed by atoms with E-state index in [1.54, 1.807) is 0 Å². The number of aromatic nitrogens is 2. The number of piperazine rings is 1. The van der Waals surface area contributed by atoms with Crippen molar-refractivity contribution in [2.75, 3.05) is 32.7 Å². The lowest BCUT2D eigenvalue weighted by atomic mass is 10.2. The molecule has 30 heavy (non-hydrogen) atoms. The maximum absolute atomic E-state index is 4.90. The Morgan fingerprint density at radius 3 is 2.40 bits per heavy atom. The molecule has 1 saturated heterocycles. The van der Waals surface area contributed by atoms with Crippen LogP contribution in [0.25, 0.3) is 11.0 Å². The van der Waals surface area contributed by atoms with E-state index in [-0.39, 0.29) is 24.0 Å². The Morgan fingerprint density at radius 1 is 1.00 bits per heavy atom. The molecular weight excluding hydrogens is 487 g/mol. The molecule has 1 aromatic heterocycles. The molecule has 1 fully saturated rings. The van der Waals surface area contributed by atoms with Gasteiger partial charge in [0.05, 0.1) is 11.0 Å². The van der Waals surface area contributed by atoms with Gasteiger partial charge in [-0.2, -0.15) is 0 Å². The van der Waals surface area contributed by atoms with Gasteiger partial charge >= 0.3 is 0 Å². The molecule has 1 aliphatic rings. The fraction of sp³-hybridized carbons (Fsp3) is 0.391. The number of para-hydroxylation sites is 2. The smallest absolute Gasteiger partial charge is 0.194 e. The van der Waals surface area contributed by atoms with Crippen LogP contribution in [-0.4, -0.2) is 58.0 Å². The second kappa shape index (κ2) is 10.8. The second-order valence-electron chi connectivity index (χ2n) is 7.49. The lowest BCUT2D eigenvalue weighted by molar-refractivity contribution is 0.172. The third kappa shape index (κ3) is 5.31. The van der Waals surface area contributed by atoms with Gasteiger partial charge in [0.1, 0.15) is 12.4 Å². The van der Waals surface area contributed by atoms with Crippen LogP contribution in [0, 0.1) is 0 Å². The molecule has 2 heterocycles. The third-order valence-electron chi connectivity index (χ3n) is 5.51. The van der Waals surface area contributed by atoms with Crippen molar-refractivity contribution < 1.29 is 0 Å². The molecule has 1 N–H and O–H groups in total. The van der Waals surface area contributed by atoms with Gasteiger partial charge in [0.15, 0.2) is 5.96 Å². The average Bonchev–Trinajstić information content (AvgIpc) is 3.08. The number of nitrogens with one attached hydrogen (secondary N) is 1. The van der Waals surface area contributed by atoms with Crippen molar-refractivity contribution >= 4 is 41.0 Å². The van der Waals surface area contributed by atoms with Crippen LogP contribution in [0.5, 0.6) is 0 Å². The molecule has 0 amide bonds. The number of imidazole rings is 1. The van der Waals surface area contributed by atoms with E-state index in [4.69, 9.17) is 9.98 Å². The number of aryl methyl sites for hydroxylation is 1. The van der Waals surface area contributed by atoms with Crippen LogP contribution in [0.4, 0.5) is 0 Å². The predicted molar refractivity (Wildman–Crippen MR) is 134 cm³/mol. The molecule has 0 spiro atoms. The summed E-state index contributed by atoms with van der Waals surface area (Å²) in [5, 5.41) is 3.46. The molecule has 0 radical (unpaired) electrons. The molecule has 6 nitrogen and oxygen atoms in total. The third-order valence-corrected chi connectivity index (χ3v) is 5.51. The molecule has 0 unspecified atom stereocenters. The standard InChI is InChI=1S/C23H30N6.HI/c1-3-24-23(25-17-22-26-20-11-7-8-12-21(20)27(22)2)29-15-13-28(14-16-29)18-19-9-5-4-6-10-19;/h4-12H,3,13-18H2,1-2H3,(H,24,25);1H. The largest absolute Gasteiger partial charge is 0.357 e. The van der Waals surface area contributed by atoms with Gasteiger partial charge in [-0.05, 0) is 24.6 Å². The molecule has 4 rings (SSSR count). The maximum atomic E-state index is 4.90. The Bertz CT molecular complexity index is 960. The molecule has 2 aromatic carbocycles. The summed E-state index contributed by atoms with van der Waals surface area (Å²) in [6.07, 6.45) is 0. The summed E-state index contributed by atoms with van der Waals surface area (Å²) in [4.78, 5) is 14.5. The van der Waals surface area contributed by atoms with Gasteiger partial charge < -0.3 is 14.8 Å². The van der Waals surface area contributed by atoms with E-state index in [1.165, 1.54) is 5.56 Å². The van der Waals surface area contributed by atoms with Crippen molar-refractivity contribution in [3.63, 3.8) is 0 Å². The summed E-state index contributed by atoms with van der Waals surface area (Å²) in [6.45, 7) is 8.65. The fourth-order valence-electron chi connectivity index (χ4n) is 3.87. The molecule has 1 aliphatic heterocycles. The van der Waals surface area contributed by atoms with Gasteiger partial charge in [-0.15, -0.1) is 24.0 Å². The van der Waals surface area contributed by atoms with E-state index in [2.05, 4.69) is 82.2 Å². The molecule has 0 aliphatic carbocycles. The van der Waals surface area contributed by atoms with Crippen molar-refractivity contribution in [1.29, 1.82) is 0 Å². The molecule has 0 atom stereocenters. The number of aliphatic imine (C=N–C) groups is 1. The topological polar surface area (TPSA) is 48.7 Å². The summed E-state index contributed by atoms with van der Waals surface area (Å²) < 4.78 is 2.14. The van der Waals surface area contributed by atoms with E-state index < -0.39 is 0 Å². The van der Waals surface area contributed by atoms with Crippen LogP contribution in [0.1, 0.15) is 18.3 Å². The summed E-state index contributed by atoms with van der Waals surface area (Å²) in [5.74, 6) is 1.98. The Kier molecular flexibility index (Phi) is 8.09. The van der Waals surface area contributed by atoms with E-state index in [0.717, 1.165) is 62.1 Å². The number of benzene rings is 2. The quantitative estimate of drug-likeness (QED) is 0.319. The lowest BCUT2D eigenvalue weighted by Gasteiger charge is -2.36. The molecular formula is C23H31IN6. The number of hydrogen-bond acceptors (Lipinski definition) is 3. The number of nitrogens with zero attached hydrogens (tertiary/aromatic N) is 5. The van der Waals surface area contributed by atoms with Crippen molar-refractivity contribution in [2.24, 2.45) is 12.0 Å². The summed E-state index contributed by atoms with van der Waals surface area (Å²) in [7, 11) is 2.06. The van der Waals surface area contributed by atoms with E-state index in [9.17, 15) is 0 Å². The number of halogens is 1. The minimum Gasteiger partial charge on any atom is -0.357 e. The normalized spacial score (nSPS) is 15.3. The van der Waals surface area contributed by atoms with Gasteiger partial charge in [-0.1, -0.05) is 42.5 Å². The first-order chi connectivity index (χ1) is 14.2. The van der Waals surface area contributed by atoms with E-state index in [1.807, 2.05) is 6.07 Å². The summed E-state index contributed by atoms with van der Waals surface area (Å²) >= 11 is 0. The van der Waals surface area contributed by atoms with Crippen LogP contribution < -0.4 is 5.32 Å². The summed E-state index contributed by atoms with van der Waals surface area (Å²) in [5.41, 5.74) is 3.56. The van der Waals surface area contributed by atoms with Crippen molar-refractivity contribution in [2.45, 2.75) is 20.0 Å². The Hall–Kier alpha value is -2.13. The minimum absolute atomic E-state index is 0. The zero-order valence-corrected chi connectivity index (χ0v) is 20.1. The molecule has 3 aromatic rings. The first kappa shape index (κ1) is 22.6. The number of rotatable bonds is 5. The Balaban J connectivity index is 0.00000256. The monoisotopic (exact) mass is 518 g/mol. The van der Waals surface area contributed by atoms with Crippen LogP contribution in [-0.2, 0) is 20.1 Å². The highest BCUT2D eigenvalue weighted by Gasteiger charge is 2.20. The number of fused-ring (bicyclic) bond motifs is 1. The predicted octanol–water partition coefficient (Wildman–Crippen LogP) is 3.47. The van der Waals surface area contributed by atoms with Crippen molar-refractivity contribution in [3.05, 3.63) is 66.0 Å². The van der Waals surface area contributed by atoms with Gasteiger partial charge in [0.25, 0.3) is 0 Å². The van der Waals surface area contributed by atoms with Crippen LogP contribution in [0.15, 0.2) is 59.6 Å². The molecule has 160 valence electrons. The van der Waals surface area contributed by atoms with Crippen LogP contribution in [0.3, 0.4) is 0 Å². The van der Waals surface area contributed by atoms with Crippen molar-refractivity contribution in [3.8, 4) is 0 Å². The van der Waals surface area contributed by atoms with Gasteiger partial charge in [0, 0.05) is 46.3 Å². The Morgan fingerprint density at radius 2 is 1.70 bits per heavy atom. The van der Waals surface area contributed by atoms with Crippen LogP contribution >= 0.6 is 24.0 Å².